The lowest BCUT2D eigenvalue weighted by Crippen LogP contribution is -2.10. The topological polar surface area (TPSA) is 66.4 Å². The summed E-state index contributed by atoms with van der Waals surface area (Å²) in [6.07, 6.45) is -0.213. The Bertz CT molecular complexity index is 404. The highest BCUT2D eigenvalue weighted by Gasteiger charge is 2.11. The first kappa shape index (κ1) is 11.5. The Morgan fingerprint density at radius 3 is 2.67 bits per heavy atom. The van der Waals surface area contributed by atoms with E-state index in [-0.39, 0.29) is 12.3 Å². The molecule has 0 aliphatic rings. The third-order valence-corrected chi connectivity index (χ3v) is 2.11. The number of aliphatic carboxylic acids is 1. The van der Waals surface area contributed by atoms with E-state index in [1.807, 2.05) is 0 Å². The summed E-state index contributed by atoms with van der Waals surface area (Å²) in [5.41, 5.74) is 0.860. The maximum absolute atomic E-state index is 10.9. The number of hydrogen-bond donors (Lipinski definition) is 2. The second kappa shape index (κ2) is 4.79. The van der Waals surface area contributed by atoms with Gasteiger partial charge in [0.15, 0.2) is 0 Å². The molecule has 1 rings (SSSR count). The maximum atomic E-state index is 10.9. The molecule has 0 saturated carbocycles. The van der Waals surface area contributed by atoms with Crippen LogP contribution in [0.15, 0.2) is 18.2 Å². The molecule has 0 aliphatic carbocycles. The number of carbonyl (C=O) groups is 2. The Morgan fingerprint density at radius 1 is 1.47 bits per heavy atom. The third kappa shape index (κ3) is 3.25. The van der Waals surface area contributed by atoms with Gasteiger partial charge < -0.3 is 10.4 Å². The van der Waals surface area contributed by atoms with Crippen molar-refractivity contribution in [3.63, 3.8) is 0 Å². The molecule has 4 nitrogen and oxygen atoms in total. The van der Waals surface area contributed by atoms with Crippen LogP contribution >= 0.6 is 11.6 Å². The van der Waals surface area contributed by atoms with Crippen molar-refractivity contribution in [2.24, 2.45) is 0 Å². The van der Waals surface area contributed by atoms with Crippen LogP contribution in [0.25, 0.3) is 0 Å². The minimum atomic E-state index is -0.991. The van der Waals surface area contributed by atoms with E-state index < -0.39 is 5.97 Å². The summed E-state index contributed by atoms with van der Waals surface area (Å²) in [5, 5.41) is 11.5. The van der Waals surface area contributed by atoms with Crippen LogP contribution in [0.5, 0.6) is 0 Å². The number of carbonyl (C=O) groups excluding carboxylic acids is 1. The van der Waals surface area contributed by atoms with Gasteiger partial charge in [-0.2, -0.15) is 0 Å². The van der Waals surface area contributed by atoms with Crippen molar-refractivity contribution < 1.29 is 14.7 Å². The fourth-order valence-corrected chi connectivity index (χ4v) is 1.44. The number of amides is 1. The second-order valence-electron chi connectivity index (χ2n) is 3.02. The number of halogens is 1. The molecule has 15 heavy (non-hydrogen) atoms. The zero-order valence-corrected chi connectivity index (χ0v) is 8.84. The quantitative estimate of drug-likeness (QED) is 0.829. The van der Waals surface area contributed by atoms with Gasteiger partial charge in [-0.3, -0.25) is 9.59 Å². The number of rotatable bonds is 3. The summed E-state index contributed by atoms with van der Waals surface area (Å²) >= 11 is 5.84. The minimum absolute atomic E-state index is 0.213. The Kier molecular flexibility index (Phi) is 3.68. The largest absolute Gasteiger partial charge is 0.481 e. The van der Waals surface area contributed by atoms with E-state index in [9.17, 15) is 9.59 Å². The first-order valence-electron chi connectivity index (χ1n) is 4.27. The first-order valence-corrected chi connectivity index (χ1v) is 4.65. The van der Waals surface area contributed by atoms with E-state index in [1.165, 1.54) is 6.92 Å². The van der Waals surface area contributed by atoms with Crippen molar-refractivity contribution in [2.75, 3.05) is 5.32 Å². The van der Waals surface area contributed by atoms with Gasteiger partial charge in [0, 0.05) is 23.2 Å². The van der Waals surface area contributed by atoms with E-state index in [1.54, 1.807) is 18.2 Å². The van der Waals surface area contributed by atoms with Crippen LogP contribution in [0.1, 0.15) is 12.5 Å². The standard InChI is InChI=1S/C10H10ClNO3/c1-6(13)12-9-4-2-3-8(11)7(9)5-10(14)15/h2-4H,5H2,1H3,(H,12,13)(H,14,15). The van der Waals surface area contributed by atoms with Crippen molar-refractivity contribution in [1.29, 1.82) is 0 Å². The average Bonchev–Trinajstić information content (AvgIpc) is 2.09. The van der Waals surface area contributed by atoms with Crippen LogP contribution in [-0.4, -0.2) is 17.0 Å². The summed E-state index contributed by atoms with van der Waals surface area (Å²) in [7, 11) is 0. The third-order valence-electron chi connectivity index (χ3n) is 1.76. The van der Waals surface area contributed by atoms with Gasteiger partial charge in [-0.25, -0.2) is 0 Å². The van der Waals surface area contributed by atoms with Gasteiger partial charge in [0.05, 0.1) is 6.42 Å². The number of carboxylic acid groups (broad SMARTS) is 1. The van der Waals surface area contributed by atoms with Crippen LogP contribution in [0, 0.1) is 0 Å². The fourth-order valence-electron chi connectivity index (χ4n) is 1.20. The van der Waals surface area contributed by atoms with Crippen molar-refractivity contribution in [1.82, 2.24) is 0 Å². The lowest BCUT2D eigenvalue weighted by atomic mass is 10.1. The van der Waals surface area contributed by atoms with Crippen LogP contribution < -0.4 is 5.32 Å². The molecule has 5 heteroatoms. The molecule has 0 saturated heterocycles. The van der Waals surface area contributed by atoms with Gasteiger partial charge in [0.2, 0.25) is 5.91 Å². The molecule has 0 bridgehead atoms. The van der Waals surface area contributed by atoms with E-state index >= 15 is 0 Å². The molecular formula is C10H10ClNO3. The summed E-state index contributed by atoms with van der Waals surface area (Å²) in [5.74, 6) is -1.25. The normalized spacial score (nSPS) is 9.73. The molecule has 0 fully saturated rings. The zero-order chi connectivity index (χ0) is 11.4. The van der Waals surface area contributed by atoms with E-state index in [2.05, 4.69) is 5.32 Å². The average molecular weight is 228 g/mol. The number of hydrogen-bond acceptors (Lipinski definition) is 2. The number of nitrogens with one attached hydrogen (secondary N) is 1. The molecular weight excluding hydrogens is 218 g/mol. The van der Waals surface area contributed by atoms with Gasteiger partial charge in [-0.05, 0) is 12.1 Å². The summed E-state index contributed by atoms with van der Waals surface area (Å²) < 4.78 is 0. The predicted molar refractivity (Wildman–Crippen MR) is 57.1 cm³/mol. The maximum Gasteiger partial charge on any atom is 0.307 e. The van der Waals surface area contributed by atoms with Crippen LogP contribution in [0.2, 0.25) is 5.02 Å². The van der Waals surface area contributed by atoms with Crippen molar-refractivity contribution in [3.05, 3.63) is 28.8 Å². The molecule has 2 N–H and O–H groups in total. The van der Waals surface area contributed by atoms with Gasteiger partial charge in [0.25, 0.3) is 0 Å². The molecule has 0 aromatic heterocycles. The Morgan fingerprint density at radius 2 is 2.13 bits per heavy atom. The second-order valence-corrected chi connectivity index (χ2v) is 3.42. The van der Waals surface area contributed by atoms with Crippen molar-refractivity contribution >= 4 is 29.2 Å². The molecule has 1 aromatic carbocycles. The molecule has 0 radical (unpaired) electrons. The van der Waals surface area contributed by atoms with Gasteiger partial charge in [-0.15, -0.1) is 0 Å². The van der Waals surface area contributed by atoms with Gasteiger partial charge in [-0.1, -0.05) is 17.7 Å². The highest BCUT2D eigenvalue weighted by Crippen LogP contribution is 2.24. The fraction of sp³-hybridized carbons (Fsp3) is 0.200. The first-order chi connectivity index (χ1) is 7.00. The number of benzene rings is 1. The van der Waals surface area contributed by atoms with Crippen LogP contribution in [0.4, 0.5) is 5.69 Å². The summed E-state index contributed by atoms with van der Waals surface area (Å²) in [4.78, 5) is 21.4. The smallest absolute Gasteiger partial charge is 0.307 e. The molecule has 0 unspecified atom stereocenters. The summed E-state index contributed by atoms with van der Waals surface area (Å²) in [6, 6.07) is 4.86. The zero-order valence-electron chi connectivity index (χ0n) is 8.08. The monoisotopic (exact) mass is 227 g/mol. The molecule has 80 valence electrons. The van der Waals surface area contributed by atoms with E-state index in [0.717, 1.165) is 0 Å². The molecule has 0 aliphatic heterocycles. The Hall–Kier alpha value is -1.55. The van der Waals surface area contributed by atoms with Gasteiger partial charge in [0.1, 0.15) is 0 Å². The highest BCUT2D eigenvalue weighted by atomic mass is 35.5. The minimum Gasteiger partial charge on any atom is -0.481 e. The number of anilines is 1. The lowest BCUT2D eigenvalue weighted by Gasteiger charge is -2.09. The lowest BCUT2D eigenvalue weighted by molar-refractivity contribution is -0.136. The molecule has 0 spiro atoms. The molecule has 0 atom stereocenters. The highest BCUT2D eigenvalue weighted by molar-refractivity contribution is 6.32. The van der Waals surface area contributed by atoms with Crippen molar-refractivity contribution in [3.8, 4) is 0 Å². The molecule has 1 amide bonds. The van der Waals surface area contributed by atoms with Gasteiger partial charge >= 0.3 is 5.97 Å². The van der Waals surface area contributed by atoms with E-state index in [0.29, 0.717) is 16.3 Å². The predicted octanol–water partition coefficient (Wildman–Crippen LogP) is 1.93. The Balaban J connectivity index is 3.08. The van der Waals surface area contributed by atoms with Crippen LogP contribution in [-0.2, 0) is 16.0 Å². The van der Waals surface area contributed by atoms with Crippen molar-refractivity contribution in [2.45, 2.75) is 13.3 Å². The molecule has 0 heterocycles. The summed E-state index contributed by atoms with van der Waals surface area (Å²) in [6.45, 7) is 1.35. The number of carboxylic acids is 1. The Labute approximate surface area is 91.9 Å². The molecule has 1 aromatic rings. The SMILES string of the molecule is CC(=O)Nc1cccc(Cl)c1CC(=O)O. The van der Waals surface area contributed by atoms with E-state index in [4.69, 9.17) is 16.7 Å². The van der Waals surface area contributed by atoms with Crippen LogP contribution in [0.3, 0.4) is 0 Å².